The summed E-state index contributed by atoms with van der Waals surface area (Å²) in [7, 11) is 0. The minimum absolute atomic E-state index is 0.0940. The minimum atomic E-state index is -0.322. The van der Waals surface area contributed by atoms with E-state index in [0.717, 1.165) is 0 Å². The third-order valence-electron chi connectivity index (χ3n) is 1.32. The van der Waals surface area contributed by atoms with Crippen LogP contribution in [0.5, 0.6) is 0 Å². The Labute approximate surface area is 76.1 Å². The molecule has 13 heavy (non-hydrogen) atoms. The van der Waals surface area contributed by atoms with Crippen molar-refractivity contribution in [3.63, 3.8) is 0 Å². The van der Waals surface area contributed by atoms with E-state index in [9.17, 15) is 4.79 Å². The van der Waals surface area contributed by atoms with Crippen molar-refractivity contribution in [1.82, 2.24) is 10.7 Å². The lowest BCUT2D eigenvalue weighted by Crippen LogP contribution is -2.35. The quantitative estimate of drug-likeness (QED) is 0.560. The second-order valence-corrected chi connectivity index (χ2v) is 2.24. The van der Waals surface area contributed by atoms with Crippen molar-refractivity contribution in [1.29, 1.82) is 0 Å². The van der Waals surface area contributed by atoms with E-state index in [-0.39, 0.29) is 11.7 Å². The van der Waals surface area contributed by atoms with Crippen LogP contribution in [0, 0.1) is 0 Å². The number of carbonyl (C=O) groups excluding carboxylic acids is 1. The fourth-order valence-electron chi connectivity index (χ4n) is 0.751. The van der Waals surface area contributed by atoms with E-state index in [2.05, 4.69) is 20.8 Å². The van der Waals surface area contributed by atoms with Crippen LogP contribution >= 0.6 is 0 Å². The molecule has 0 aliphatic carbocycles. The Kier molecular flexibility index (Phi) is 3.90. The summed E-state index contributed by atoms with van der Waals surface area (Å²) < 4.78 is 5.03. The zero-order valence-corrected chi connectivity index (χ0v) is 7.36. The summed E-state index contributed by atoms with van der Waals surface area (Å²) >= 11 is 0. The maximum absolute atomic E-state index is 11.1. The standard InChI is InChI=1S/C7H11N4O2/c1-2-13-4-3-8-7(12)6-9-5-10-11-6/h5H,2-4H2,1H3,(H,8,12). The van der Waals surface area contributed by atoms with Crippen LogP contribution in [0.1, 0.15) is 6.92 Å². The fourth-order valence-corrected chi connectivity index (χ4v) is 0.751. The summed E-state index contributed by atoms with van der Waals surface area (Å²) in [6, 6.07) is 0. The van der Waals surface area contributed by atoms with Gasteiger partial charge in [0.15, 0.2) is 0 Å². The summed E-state index contributed by atoms with van der Waals surface area (Å²) in [6.07, 6.45) is 1.23. The molecule has 0 bridgehead atoms. The van der Waals surface area contributed by atoms with E-state index < -0.39 is 0 Å². The van der Waals surface area contributed by atoms with Gasteiger partial charge >= 0.3 is 0 Å². The number of ether oxygens (including phenoxy) is 1. The summed E-state index contributed by atoms with van der Waals surface area (Å²) in [5, 5.41) is 6.03. The summed E-state index contributed by atoms with van der Waals surface area (Å²) in [5.41, 5.74) is 3.50. The normalized spacial score (nSPS) is 13.8. The molecule has 6 nitrogen and oxygen atoms in total. The van der Waals surface area contributed by atoms with Gasteiger partial charge in [0.2, 0.25) is 5.84 Å². The van der Waals surface area contributed by atoms with Gasteiger partial charge in [0, 0.05) is 13.2 Å². The van der Waals surface area contributed by atoms with E-state index in [4.69, 9.17) is 4.74 Å². The molecule has 0 atom stereocenters. The van der Waals surface area contributed by atoms with E-state index in [1.54, 1.807) is 0 Å². The Hall–Kier alpha value is -1.43. The van der Waals surface area contributed by atoms with E-state index in [0.29, 0.717) is 19.8 Å². The number of hydrogen-bond acceptors (Lipinski definition) is 4. The number of amidine groups is 1. The highest BCUT2D eigenvalue weighted by atomic mass is 16.5. The molecular weight excluding hydrogens is 172 g/mol. The first-order valence-corrected chi connectivity index (χ1v) is 4.01. The molecule has 1 rings (SSSR count). The van der Waals surface area contributed by atoms with Gasteiger partial charge in [0.25, 0.3) is 5.91 Å². The van der Waals surface area contributed by atoms with Crippen LogP contribution in [0.2, 0.25) is 0 Å². The lowest BCUT2D eigenvalue weighted by atomic mass is 10.5. The van der Waals surface area contributed by atoms with E-state index >= 15 is 0 Å². The largest absolute Gasteiger partial charge is 0.380 e. The van der Waals surface area contributed by atoms with E-state index in [1.807, 2.05) is 6.92 Å². The molecule has 0 unspecified atom stereocenters. The summed E-state index contributed by atoms with van der Waals surface area (Å²) in [6.45, 7) is 3.49. The molecule has 1 N–H and O–H groups in total. The van der Waals surface area contributed by atoms with Gasteiger partial charge in [0.05, 0.1) is 6.61 Å². The monoisotopic (exact) mass is 183 g/mol. The van der Waals surface area contributed by atoms with Crippen molar-refractivity contribution in [2.24, 2.45) is 10.1 Å². The van der Waals surface area contributed by atoms with Crippen molar-refractivity contribution >= 4 is 18.1 Å². The molecule has 1 aliphatic rings. The summed E-state index contributed by atoms with van der Waals surface area (Å²) in [5.74, 6) is -0.228. The number of carbonyl (C=O) groups is 1. The SMILES string of the molecule is CCOCCNC(=O)C1=NC=N[N]1. The fraction of sp³-hybridized carbons (Fsp3) is 0.571. The second kappa shape index (κ2) is 5.26. The van der Waals surface area contributed by atoms with Gasteiger partial charge in [-0.3, -0.25) is 4.79 Å². The number of hydrogen-bond donors (Lipinski definition) is 1. The van der Waals surface area contributed by atoms with Crippen LogP contribution in [-0.4, -0.2) is 37.8 Å². The molecule has 71 valence electrons. The molecule has 0 aromatic heterocycles. The van der Waals surface area contributed by atoms with Gasteiger partial charge in [-0.1, -0.05) is 0 Å². The van der Waals surface area contributed by atoms with Gasteiger partial charge in [-0.15, -0.1) is 10.5 Å². The Balaban J connectivity index is 2.11. The Morgan fingerprint density at radius 3 is 3.15 bits per heavy atom. The molecule has 6 heteroatoms. The molecule has 0 aromatic carbocycles. The smallest absolute Gasteiger partial charge is 0.291 e. The molecule has 1 heterocycles. The first kappa shape index (κ1) is 9.66. The molecule has 0 fully saturated rings. The number of rotatable bonds is 5. The van der Waals surface area contributed by atoms with Crippen LogP contribution in [0.25, 0.3) is 0 Å². The maximum atomic E-state index is 11.1. The lowest BCUT2D eigenvalue weighted by Gasteiger charge is -2.02. The van der Waals surface area contributed by atoms with Gasteiger partial charge < -0.3 is 10.1 Å². The number of amides is 1. The molecule has 1 aliphatic heterocycles. The molecule has 1 radical (unpaired) electrons. The highest BCUT2D eigenvalue weighted by molar-refractivity contribution is 6.39. The molecule has 1 amide bonds. The van der Waals surface area contributed by atoms with Crippen LogP contribution < -0.4 is 10.7 Å². The zero-order chi connectivity index (χ0) is 9.52. The van der Waals surface area contributed by atoms with Crippen molar-refractivity contribution in [2.45, 2.75) is 6.92 Å². The zero-order valence-electron chi connectivity index (χ0n) is 7.36. The molecule has 0 saturated heterocycles. The summed E-state index contributed by atoms with van der Waals surface area (Å²) in [4.78, 5) is 14.8. The third kappa shape index (κ3) is 3.20. The molecule has 0 spiro atoms. The maximum Gasteiger partial charge on any atom is 0.291 e. The predicted octanol–water partition coefficient (Wildman–Crippen LogP) is -0.901. The van der Waals surface area contributed by atoms with Crippen LogP contribution in [-0.2, 0) is 9.53 Å². The second-order valence-electron chi connectivity index (χ2n) is 2.24. The van der Waals surface area contributed by atoms with Gasteiger partial charge in [-0.25, -0.2) is 4.99 Å². The van der Waals surface area contributed by atoms with E-state index in [1.165, 1.54) is 6.34 Å². The number of nitrogens with zero attached hydrogens (tertiary/aromatic N) is 3. The average Bonchev–Trinajstić information content (AvgIpc) is 2.65. The molecule has 0 saturated carbocycles. The number of nitrogens with one attached hydrogen (secondary N) is 1. The Morgan fingerprint density at radius 2 is 2.54 bits per heavy atom. The van der Waals surface area contributed by atoms with Crippen LogP contribution in [0.15, 0.2) is 10.1 Å². The topological polar surface area (TPSA) is 77.2 Å². The van der Waals surface area contributed by atoms with Crippen LogP contribution in [0.3, 0.4) is 0 Å². The van der Waals surface area contributed by atoms with Gasteiger partial charge in [-0.05, 0) is 6.92 Å². The lowest BCUT2D eigenvalue weighted by molar-refractivity contribution is -0.115. The minimum Gasteiger partial charge on any atom is -0.380 e. The van der Waals surface area contributed by atoms with Crippen molar-refractivity contribution in [3.8, 4) is 0 Å². The van der Waals surface area contributed by atoms with Crippen molar-refractivity contribution in [3.05, 3.63) is 0 Å². The first-order chi connectivity index (χ1) is 6.34. The first-order valence-electron chi connectivity index (χ1n) is 4.01. The Morgan fingerprint density at radius 1 is 1.69 bits per heavy atom. The van der Waals surface area contributed by atoms with Gasteiger partial charge in [-0.2, -0.15) is 0 Å². The average molecular weight is 183 g/mol. The predicted molar refractivity (Wildman–Crippen MR) is 47.6 cm³/mol. The number of aliphatic imine (C=N–C) groups is 1. The van der Waals surface area contributed by atoms with Crippen molar-refractivity contribution < 1.29 is 9.53 Å². The third-order valence-corrected chi connectivity index (χ3v) is 1.32. The Bertz CT molecular complexity index is 237. The highest BCUT2D eigenvalue weighted by Crippen LogP contribution is 1.84. The van der Waals surface area contributed by atoms with Crippen molar-refractivity contribution in [2.75, 3.05) is 19.8 Å². The molecular formula is C7H11N4O2. The molecule has 0 aromatic rings. The van der Waals surface area contributed by atoms with Crippen LogP contribution in [0.4, 0.5) is 0 Å². The van der Waals surface area contributed by atoms with Gasteiger partial charge in [0.1, 0.15) is 6.34 Å². The highest BCUT2D eigenvalue weighted by Gasteiger charge is 2.13.